The summed E-state index contributed by atoms with van der Waals surface area (Å²) in [5.41, 5.74) is 6.93. The first-order valence-electron chi connectivity index (χ1n) is 5.46. The standard InChI is InChI=1S/C11H16BrN3O/c1-6(16-2)5-8-14-10(7-3-4-7)9(12)11(13)15-8/h6-7H,3-5H2,1-2H3,(H2,13,14,15). The number of nitrogen functional groups attached to an aromatic ring is 1. The Balaban J connectivity index is 2.25. The van der Waals surface area contributed by atoms with E-state index in [9.17, 15) is 0 Å². The maximum absolute atomic E-state index is 5.87. The van der Waals surface area contributed by atoms with Crippen LogP contribution in [0, 0.1) is 0 Å². The van der Waals surface area contributed by atoms with Crippen molar-refractivity contribution in [2.24, 2.45) is 0 Å². The molecule has 1 aromatic heterocycles. The average Bonchev–Trinajstić information content (AvgIpc) is 3.06. The Kier molecular flexibility index (Phi) is 3.44. The van der Waals surface area contributed by atoms with Crippen LogP contribution in [-0.4, -0.2) is 23.2 Å². The van der Waals surface area contributed by atoms with Crippen molar-refractivity contribution >= 4 is 21.7 Å². The summed E-state index contributed by atoms with van der Waals surface area (Å²) >= 11 is 3.46. The molecule has 16 heavy (non-hydrogen) atoms. The minimum atomic E-state index is 0.118. The van der Waals surface area contributed by atoms with Gasteiger partial charge in [-0.15, -0.1) is 0 Å². The number of aromatic nitrogens is 2. The summed E-state index contributed by atoms with van der Waals surface area (Å²) in [4.78, 5) is 8.84. The molecule has 1 atom stereocenters. The van der Waals surface area contributed by atoms with Gasteiger partial charge < -0.3 is 10.5 Å². The van der Waals surface area contributed by atoms with Crippen LogP contribution in [0.4, 0.5) is 5.82 Å². The second kappa shape index (κ2) is 4.67. The van der Waals surface area contributed by atoms with Gasteiger partial charge in [-0.1, -0.05) is 0 Å². The van der Waals surface area contributed by atoms with Crippen molar-refractivity contribution in [3.05, 3.63) is 16.0 Å². The van der Waals surface area contributed by atoms with E-state index in [1.165, 1.54) is 12.8 Å². The van der Waals surface area contributed by atoms with E-state index in [1.54, 1.807) is 7.11 Å². The van der Waals surface area contributed by atoms with Gasteiger partial charge in [0.15, 0.2) is 0 Å². The van der Waals surface area contributed by atoms with Crippen LogP contribution >= 0.6 is 15.9 Å². The van der Waals surface area contributed by atoms with Gasteiger partial charge in [0.2, 0.25) is 0 Å². The fraction of sp³-hybridized carbons (Fsp3) is 0.636. The van der Waals surface area contributed by atoms with E-state index in [2.05, 4.69) is 25.9 Å². The lowest BCUT2D eigenvalue weighted by Crippen LogP contribution is -2.13. The molecule has 0 aliphatic heterocycles. The van der Waals surface area contributed by atoms with Crippen LogP contribution in [0.2, 0.25) is 0 Å². The van der Waals surface area contributed by atoms with E-state index in [4.69, 9.17) is 10.5 Å². The highest BCUT2D eigenvalue weighted by molar-refractivity contribution is 9.10. The Morgan fingerprint density at radius 1 is 1.50 bits per heavy atom. The summed E-state index contributed by atoms with van der Waals surface area (Å²) in [5.74, 6) is 1.88. The van der Waals surface area contributed by atoms with Gasteiger partial charge in [-0.25, -0.2) is 9.97 Å². The fourth-order valence-corrected chi connectivity index (χ4v) is 2.09. The number of anilines is 1. The fourth-order valence-electron chi connectivity index (χ4n) is 1.59. The molecule has 1 saturated carbocycles. The van der Waals surface area contributed by atoms with Gasteiger partial charge in [-0.05, 0) is 35.7 Å². The first kappa shape index (κ1) is 11.8. The smallest absolute Gasteiger partial charge is 0.141 e. The molecule has 0 spiro atoms. The number of halogens is 1. The lowest BCUT2D eigenvalue weighted by molar-refractivity contribution is 0.117. The number of hydrogen-bond donors (Lipinski definition) is 1. The zero-order valence-electron chi connectivity index (χ0n) is 9.53. The minimum Gasteiger partial charge on any atom is -0.383 e. The van der Waals surface area contributed by atoms with Crippen molar-refractivity contribution in [1.82, 2.24) is 9.97 Å². The maximum Gasteiger partial charge on any atom is 0.141 e. The molecule has 5 heteroatoms. The van der Waals surface area contributed by atoms with Crippen molar-refractivity contribution in [2.75, 3.05) is 12.8 Å². The first-order chi connectivity index (χ1) is 7.61. The molecule has 0 amide bonds. The van der Waals surface area contributed by atoms with Crippen molar-refractivity contribution in [3.63, 3.8) is 0 Å². The van der Waals surface area contributed by atoms with Crippen molar-refractivity contribution in [1.29, 1.82) is 0 Å². The normalized spacial score (nSPS) is 17.4. The lowest BCUT2D eigenvalue weighted by Gasteiger charge is -2.11. The van der Waals surface area contributed by atoms with Gasteiger partial charge in [0.05, 0.1) is 16.3 Å². The van der Waals surface area contributed by atoms with Crippen LogP contribution in [0.1, 0.15) is 37.2 Å². The highest BCUT2D eigenvalue weighted by Crippen LogP contribution is 2.43. The molecule has 1 unspecified atom stereocenters. The lowest BCUT2D eigenvalue weighted by atomic mass is 10.2. The van der Waals surface area contributed by atoms with E-state index in [1.807, 2.05) is 6.92 Å². The molecule has 0 bridgehead atoms. The molecule has 2 rings (SSSR count). The van der Waals surface area contributed by atoms with Gasteiger partial charge in [0, 0.05) is 19.4 Å². The summed E-state index contributed by atoms with van der Waals surface area (Å²) in [6, 6.07) is 0. The number of nitrogens with two attached hydrogens (primary N) is 1. The van der Waals surface area contributed by atoms with Gasteiger partial charge in [0.25, 0.3) is 0 Å². The Morgan fingerprint density at radius 3 is 2.75 bits per heavy atom. The van der Waals surface area contributed by atoms with Gasteiger partial charge in [-0.2, -0.15) is 0 Å². The SMILES string of the molecule is COC(C)Cc1nc(N)c(Br)c(C2CC2)n1. The molecule has 0 aromatic carbocycles. The second-order valence-electron chi connectivity index (χ2n) is 4.25. The quantitative estimate of drug-likeness (QED) is 0.922. The molecule has 1 aliphatic rings. The van der Waals surface area contributed by atoms with E-state index in [-0.39, 0.29) is 6.10 Å². The summed E-state index contributed by atoms with van der Waals surface area (Å²) in [6.45, 7) is 2.00. The third-order valence-corrected chi connectivity index (χ3v) is 3.60. The van der Waals surface area contributed by atoms with Crippen molar-refractivity contribution in [2.45, 2.75) is 38.2 Å². The number of nitrogens with zero attached hydrogens (tertiary/aromatic N) is 2. The third-order valence-electron chi connectivity index (χ3n) is 2.79. The van der Waals surface area contributed by atoms with Crippen LogP contribution in [0.3, 0.4) is 0 Å². The first-order valence-corrected chi connectivity index (χ1v) is 6.25. The van der Waals surface area contributed by atoms with Gasteiger partial charge >= 0.3 is 0 Å². The Bertz CT molecular complexity index is 393. The predicted octanol–water partition coefficient (Wildman–Crippen LogP) is 2.28. The van der Waals surface area contributed by atoms with E-state index >= 15 is 0 Å². The molecule has 0 saturated heterocycles. The highest BCUT2D eigenvalue weighted by atomic mass is 79.9. The van der Waals surface area contributed by atoms with Crippen LogP contribution in [0.5, 0.6) is 0 Å². The summed E-state index contributed by atoms with van der Waals surface area (Å²) in [6.07, 6.45) is 3.23. The highest BCUT2D eigenvalue weighted by Gasteiger charge is 2.29. The third kappa shape index (κ3) is 2.52. The molecule has 1 aliphatic carbocycles. The Hall–Kier alpha value is -0.680. The molecule has 1 fully saturated rings. The Labute approximate surface area is 104 Å². The molecule has 1 heterocycles. The molecule has 2 N–H and O–H groups in total. The predicted molar refractivity (Wildman–Crippen MR) is 66.3 cm³/mol. The molecule has 1 aromatic rings. The summed E-state index contributed by atoms with van der Waals surface area (Å²) in [5, 5.41) is 0. The molecular weight excluding hydrogens is 270 g/mol. The van der Waals surface area contributed by atoms with Gasteiger partial charge in [-0.3, -0.25) is 0 Å². The zero-order valence-corrected chi connectivity index (χ0v) is 11.1. The number of hydrogen-bond acceptors (Lipinski definition) is 4. The average molecular weight is 286 g/mol. The topological polar surface area (TPSA) is 61.0 Å². The zero-order chi connectivity index (χ0) is 11.7. The number of rotatable bonds is 4. The van der Waals surface area contributed by atoms with Crippen LogP contribution in [0.25, 0.3) is 0 Å². The number of methoxy groups -OCH3 is 1. The second-order valence-corrected chi connectivity index (χ2v) is 5.04. The summed E-state index contributed by atoms with van der Waals surface area (Å²) in [7, 11) is 1.69. The largest absolute Gasteiger partial charge is 0.383 e. The van der Waals surface area contributed by atoms with Crippen LogP contribution in [0.15, 0.2) is 4.47 Å². The number of ether oxygens (including phenoxy) is 1. The van der Waals surface area contributed by atoms with Gasteiger partial charge in [0.1, 0.15) is 11.6 Å². The van der Waals surface area contributed by atoms with Crippen molar-refractivity contribution in [3.8, 4) is 0 Å². The monoisotopic (exact) mass is 285 g/mol. The van der Waals surface area contributed by atoms with Crippen LogP contribution in [-0.2, 0) is 11.2 Å². The van der Waals surface area contributed by atoms with E-state index < -0.39 is 0 Å². The summed E-state index contributed by atoms with van der Waals surface area (Å²) < 4.78 is 6.07. The molecular formula is C11H16BrN3O. The molecule has 4 nitrogen and oxygen atoms in total. The Morgan fingerprint density at radius 2 is 2.19 bits per heavy atom. The molecule has 88 valence electrons. The minimum absolute atomic E-state index is 0.118. The van der Waals surface area contributed by atoms with Crippen LogP contribution < -0.4 is 5.73 Å². The van der Waals surface area contributed by atoms with E-state index in [0.29, 0.717) is 18.2 Å². The molecule has 0 radical (unpaired) electrons. The maximum atomic E-state index is 5.87. The van der Waals surface area contributed by atoms with E-state index in [0.717, 1.165) is 16.0 Å². The van der Waals surface area contributed by atoms with Crippen molar-refractivity contribution < 1.29 is 4.74 Å².